The smallest absolute Gasteiger partial charge is 0.317 e. The van der Waals surface area contributed by atoms with Crippen molar-refractivity contribution in [2.45, 2.75) is 51.2 Å². The van der Waals surface area contributed by atoms with Crippen molar-refractivity contribution >= 4 is 5.97 Å². The number of carboxylic acid groups (broad SMARTS) is 1. The van der Waals surface area contributed by atoms with Crippen LogP contribution in [0.15, 0.2) is 30.5 Å². The molecule has 0 unspecified atom stereocenters. The molecule has 6 heteroatoms. The number of carboxylic acids is 1. The number of carbonyl (C=O) groups is 1. The first kappa shape index (κ1) is 18.2. The van der Waals surface area contributed by atoms with E-state index in [9.17, 15) is 9.90 Å². The van der Waals surface area contributed by atoms with Crippen molar-refractivity contribution in [3.8, 4) is 11.3 Å². The number of nitrogens with zero attached hydrogens (tertiary/aromatic N) is 2. The Morgan fingerprint density at radius 2 is 2.19 bits per heavy atom. The lowest BCUT2D eigenvalue weighted by atomic mass is 9.85. The van der Waals surface area contributed by atoms with Gasteiger partial charge in [0, 0.05) is 36.3 Å². The van der Waals surface area contributed by atoms with E-state index in [0.717, 1.165) is 43.1 Å². The third-order valence-electron chi connectivity index (χ3n) is 5.76. The molecule has 6 nitrogen and oxygen atoms in total. The molecule has 3 N–H and O–H groups in total. The molecule has 1 heterocycles. The number of rotatable bonds is 9. The molecule has 2 saturated carbocycles. The Bertz CT molecular complexity index is 793. The molecule has 27 heavy (non-hydrogen) atoms. The molecule has 0 radical (unpaired) electrons. The van der Waals surface area contributed by atoms with Crippen molar-refractivity contribution in [1.82, 2.24) is 20.4 Å². The average Bonchev–Trinajstić information content (AvgIpc) is 3.27. The van der Waals surface area contributed by atoms with Crippen LogP contribution in [0.5, 0.6) is 0 Å². The van der Waals surface area contributed by atoms with Crippen LogP contribution in [0.4, 0.5) is 0 Å². The van der Waals surface area contributed by atoms with E-state index in [4.69, 9.17) is 0 Å². The van der Waals surface area contributed by atoms with Gasteiger partial charge in [-0.3, -0.25) is 14.8 Å². The molecule has 1 aromatic carbocycles. The van der Waals surface area contributed by atoms with Crippen LogP contribution in [0.1, 0.15) is 36.8 Å². The van der Waals surface area contributed by atoms with Crippen LogP contribution in [-0.4, -0.2) is 51.3 Å². The molecule has 2 fully saturated rings. The summed E-state index contributed by atoms with van der Waals surface area (Å²) in [6.07, 6.45) is 6.46. The summed E-state index contributed by atoms with van der Waals surface area (Å²) in [5, 5.41) is 20.1. The zero-order valence-corrected chi connectivity index (χ0v) is 15.8. The second kappa shape index (κ2) is 7.82. The van der Waals surface area contributed by atoms with Gasteiger partial charge in [0.1, 0.15) is 0 Å². The van der Waals surface area contributed by atoms with Crippen LogP contribution in [-0.2, 0) is 11.3 Å². The van der Waals surface area contributed by atoms with E-state index in [1.54, 1.807) is 0 Å². The fraction of sp³-hybridized carbons (Fsp3) is 0.524. The van der Waals surface area contributed by atoms with Crippen molar-refractivity contribution < 1.29 is 9.90 Å². The van der Waals surface area contributed by atoms with Gasteiger partial charge in [-0.05, 0) is 44.6 Å². The second-order valence-electron chi connectivity index (χ2n) is 8.11. The summed E-state index contributed by atoms with van der Waals surface area (Å²) >= 11 is 0. The molecular formula is C21H28N4O2. The lowest BCUT2D eigenvalue weighted by molar-refractivity contribution is -0.139. The number of H-pyrrole nitrogens is 1. The molecular weight excluding hydrogens is 340 g/mol. The zero-order chi connectivity index (χ0) is 18.8. The van der Waals surface area contributed by atoms with Crippen LogP contribution in [0.2, 0.25) is 0 Å². The first-order valence-corrected chi connectivity index (χ1v) is 9.87. The summed E-state index contributed by atoms with van der Waals surface area (Å²) in [4.78, 5) is 13.3. The summed E-state index contributed by atoms with van der Waals surface area (Å²) in [7, 11) is 0. The normalized spacial score (nSPS) is 22.0. The van der Waals surface area contributed by atoms with Crippen molar-refractivity contribution in [2.24, 2.45) is 5.92 Å². The first-order valence-electron chi connectivity index (χ1n) is 9.87. The number of hydrogen-bond donors (Lipinski definition) is 3. The van der Waals surface area contributed by atoms with E-state index >= 15 is 0 Å². The molecule has 0 spiro atoms. The SMILES string of the molecule is Cc1cccc(-c2[nH]ncc2CNC2CC(N(CC(=O)O)CC3CC3)C2)c1. The van der Waals surface area contributed by atoms with Crippen molar-refractivity contribution in [2.75, 3.05) is 13.1 Å². The first-order chi connectivity index (χ1) is 13.1. The third-order valence-corrected chi connectivity index (χ3v) is 5.76. The maximum atomic E-state index is 11.1. The zero-order valence-electron chi connectivity index (χ0n) is 15.8. The van der Waals surface area contributed by atoms with Gasteiger partial charge in [0.15, 0.2) is 0 Å². The lowest BCUT2D eigenvalue weighted by Crippen LogP contribution is -2.54. The molecule has 2 aliphatic rings. The molecule has 2 aromatic rings. The Morgan fingerprint density at radius 1 is 1.37 bits per heavy atom. The van der Waals surface area contributed by atoms with E-state index in [0.29, 0.717) is 12.1 Å². The minimum Gasteiger partial charge on any atom is -0.480 e. The standard InChI is InChI=1S/C21H28N4O2/c1-14-3-2-4-16(7-14)21-17(11-23-24-21)10-22-18-8-19(9-18)25(13-20(26)27)12-15-5-6-15/h2-4,7,11,15,18-19,22H,5-6,8-10,12-13H2,1H3,(H,23,24)(H,26,27). The predicted octanol–water partition coefficient (Wildman–Crippen LogP) is 2.80. The topological polar surface area (TPSA) is 81.2 Å². The number of aromatic amines is 1. The van der Waals surface area contributed by atoms with Gasteiger partial charge < -0.3 is 10.4 Å². The summed E-state index contributed by atoms with van der Waals surface area (Å²) in [5.74, 6) is 0.00688. The monoisotopic (exact) mass is 368 g/mol. The molecule has 144 valence electrons. The molecule has 0 aliphatic heterocycles. The maximum Gasteiger partial charge on any atom is 0.317 e. The van der Waals surface area contributed by atoms with Crippen LogP contribution in [0.3, 0.4) is 0 Å². The molecule has 0 saturated heterocycles. The van der Waals surface area contributed by atoms with Gasteiger partial charge in [-0.1, -0.05) is 23.8 Å². The fourth-order valence-electron chi connectivity index (χ4n) is 3.95. The molecule has 4 rings (SSSR count). The average molecular weight is 368 g/mol. The number of benzene rings is 1. The Kier molecular flexibility index (Phi) is 5.27. The van der Waals surface area contributed by atoms with Crippen LogP contribution >= 0.6 is 0 Å². The Balaban J connectivity index is 1.30. The minimum atomic E-state index is -0.715. The fourth-order valence-corrected chi connectivity index (χ4v) is 3.95. The molecule has 1 aromatic heterocycles. The van der Waals surface area contributed by atoms with E-state index in [1.165, 1.54) is 24.0 Å². The molecule has 2 aliphatic carbocycles. The number of aliphatic carboxylic acids is 1. The number of hydrogen-bond acceptors (Lipinski definition) is 4. The number of aryl methyl sites for hydroxylation is 1. The van der Waals surface area contributed by atoms with Crippen LogP contribution in [0, 0.1) is 12.8 Å². The van der Waals surface area contributed by atoms with Gasteiger partial charge in [0.05, 0.1) is 18.4 Å². The highest BCUT2D eigenvalue weighted by molar-refractivity contribution is 5.69. The third kappa shape index (κ3) is 4.57. The summed E-state index contributed by atoms with van der Waals surface area (Å²) in [6, 6.07) is 9.28. The van der Waals surface area contributed by atoms with Crippen molar-refractivity contribution in [3.05, 3.63) is 41.6 Å². The van der Waals surface area contributed by atoms with Gasteiger partial charge >= 0.3 is 5.97 Å². The Hall–Kier alpha value is -2.18. The number of aromatic nitrogens is 2. The summed E-state index contributed by atoms with van der Waals surface area (Å²) in [5.41, 5.74) is 4.64. The van der Waals surface area contributed by atoms with Gasteiger partial charge in [-0.25, -0.2) is 0 Å². The van der Waals surface area contributed by atoms with Gasteiger partial charge in [-0.15, -0.1) is 0 Å². The van der Waals surface area contributed by atoms with Crippen LogP contribution < -0.4 is 5.32 Å². The van der Waals surface area contributed by atoms with Gasteiger partial charge in [-0.2, -0.15) is 5.10 Å². The van der Waals surface area contributed by atoms with Crippen molar-refractivity contribution in [1.29, 1.82) is 0 Å². The number of nitrogens with one attached hydrogen (secondary N) is 2. The summed E-state index contributed by atoms with van der Waals surface area (Å²) < 4.78 is 0. The minimum absolute atomic E-state index is 0.174. The highest BCUT2D eigenvalue weighted by Gasteiger charge is 2.36. The summed E-state index contributed by atoms with van der Waals surface area (Å²) in [6.45, 7) is 3.99. The highest BCUT2D eigenvalue weighted by Crippen LogP contribution is 2.34. The molecule has 0 atom stereocenters. The lowest BCUT2D eigenvalue weighted by Gasteiger charge is -2.43. The quantitative estimate of drug-likeness (QED) is 0.634. The largest absolute Gasteiger partial charge is 0.480 e. The van der Waals surface area contributed by atoms with Gasteiger partial charge in [0.25, 0.3) is 0 Å². The van der Waals surface area contributed by atoms with Crippen LogP contribution in [0.25, 0.3) is 11.3 Å². The molecule has 0 bridgehead atoms. The Morgan fingerprint density at radius 3 is 2.89 bits per heavy atom. The highest BCUT2D eigenvalue weighted by atomic mass is 16.4. The second-order valence-corrected chi connectivity index (χ2v) is 8.11. The van der Waals surface area contributed by atoms with E-state index < -0.39 is 5.97 Å². The van der Waals surface area contributed by atoms with E-state index in [1.807, 2.05) is 6.20 Å². The van der Waals surface area contributed by atoms with Gasteiger partial charge in [0.2, 0.25) is 0 Å². The predicted molar refractivity (Wildman–Crippen MR) is 104 cm³/mol. The Labute approximate surface area is 160 Å². The van der Waals surface area contributed by atoms with E-state index in [2.05, 4.69) is 51.6 Å². The maximum absolute atomic E-state index is 11.1. The molecule has 0 amide bonds. The van der Waals surface area contributed by atoms with E-state index in [-0.39, 0.29) is 6.54 Å². The van der Waals surface area contributed by atoms with Crippen molar-refractivity contribution in [3.63, 3.8) is 0 Å².